The third-order valence-electron chi connectivity index (χ3n) is 3.76. The minimum Gasteiger partial charge on any atom is -0.394 e. The van der Waals surface area contributed by atoms with Gasteiger partial charge in [0.1, 0.15) is 0 Å². The Morgan fingerprint density at radius 2 is 2.10 bits per heavy atom. The van der Waals surface area contributed by atoms with E-state index in [2.05, 4.69) is 5.32 Å². The molecule has 0 bridgehead atoms. The molecule has 0 aromatic carbocycles. The predicted molar refractivity (Wildman–Crippen MR) is 82.3 cm³/mol. The van der Waals surface area contributed by atoms with Gasteiger partial charge in [-0.2, -0.15) is 0 Å². The average molecular weight is 320 g/mol. The first-order valence-corrected chi connectivity index (χ1v) is 9.23. The molecule has 0 aromatic heterocycles. The second-order valence-corrected chi connectivity index (χ2v) is 8.49. The number of aliphatic hydroxyl groups excluding tert-OH is 1. The van der Waals surface area contributed by atoms with Crippen molar-refractivity contribution in [2.75, 3.05) is 25.4 Å². The molecule has 1 amide bonds. The van der Waals surface area contributed by atoms with E-state index >= 15 is 0 Å². The fraction of sp³-hybridized carbons (Fsp3) is 0.929. The molecule has 1 heterocycles. The topological polar surface area (TPSA) is 86.7 Å². The van der Waals surface area contributed by atoms with Gasteiger partial charge in [-0.05, 0) is 33.1 Å². The summed E-state index contributed by atoms with van der Waals surface area (Å²) in [5.41, 5.74) is -0.680. The molecule has 0 aliphatic carbocycles. The molecule has 1 saturated heterocycles. The molecule has 2 N–H and O–H groups in total. The minimum atomic E-state index is -3.26. The Kier molecular flexibility index (Phi) is 6.62. The van der Waals surface area contributed by atoms with Gasteiger partial charge in [-0.15, -0.1) is 0 Å². The SMILES string of the molecule is CCCCS(=O)(=O)N1CCC[C@@H](C(=O)NC(C)(C)CO)C1. The Bertz CT molecular complexity index is 448. The molecule has 1 rings (SSSR count). The van der Waals surface area contributed by atoms with Crippen molar-refractivity contribution >= 4 is 15.9 Å². The lowest BCUT2D eigenvalue weighted by Gasteiger charge is -2.33. The lowest BCUT2D eigenvalue weighted by Crippen LogP contribution is -2.52. The normalized spacial score (nSPS) is 21.2. The van der Waals surface area contributed by atoms with E-state index in [1.54, 1.807) is 13.8 Å². The first kappa shape index (κ1) is 18.4. The van der Waals surface area contributed by atoms with Crippen molar-refractivity contribution < 1.29 is 18.3 Å². The molecule has 0 spiro atoms. The molecule has 0 unspecified atom stereocenters. The highest BCUT2D eigenvalue weighted by molar-refractivity contribution is 7.89. The van der Waals surface area contributed by atoms with Gasteiger partial charge in [-0.3, -0.25) is 4.79 Å². The number of aliphatic hydroxyl groups is 1. The highest BCUT2D eigenvalue weighted by Gasteiger charge is 2.33. The fourth-order valence-electron chi connectivity index (χ4n) is 2.34. The van der Waals surface area contributed by atoms with E-state index in [0.29, 0.717) is 25.8 Å². The maximum Gasteiger partial charge on any atom is 0.224 e. The summed E-state index contributed by atoms with van der Waals surface area (Å²) in [5.74, 6) is -0.356. The Hall–Kier alpha value is -0.660. The molecule has 0 saturated carbocycles. The van der Waals surface area contributed by atoms with Crippen LogP contribution in [0.4, 0.5) is 0 Å². The van der Waals surface area contributed by atoms with E-state index in [1.165, 1.54) is 4.31 Å². The van der Waals surface area contributed by atoms with Crippen LogP contribution in [0.3, 0.4) is 0 Å². The molecule has 0 aromatic rings. The molecule has 1 aliphatic heterocycles. The first-order chi connectivity index (χ1) is 9.72. The third-order valence-corrected chi connectivity index (χ3v) is 5.68. The number of nitrogens with one attached hydrogen (secondary N) is 1. The number of sulfonamides is 1. The van der Waals surface area contributed by atoms with Gasteiger partial charge in [0.15, 0.2) is 0 Å². The highest BCUT2D eigenvalue weighted by Crippen LogP contribution is 2.21. The van der Waals surface area contributed by atoms with Crippen LogP contribution in [-0.2, 0) is 14.8 Å². The van der Waals surface area contributed by atoms with Gasteiger partial charge in [-0.1, -0.05) is 13.3 Å². The second-order valence-electron chi connectivity index (χ2n) is 6.40. The van der Waals surface area contributed by atoms with Gasteiger partial charge in [0.05, 0.1) is 23.8 Å². The van der Waals surface area contributed by atoms with E-state index in [0.717, 1.165) is 6.42 Å². The number of rotatable bonds is 7. The molecule has 124 valence electrons. The minimum absolute atomic E-state index is 0.149. The van der Waals surface area contributed by atoms with Crippen LogP contribution in [0.25, 0.3) is 0 Å². The zero-order chi connectivity index (χ0) is 16.1. The second kappa shape index (κ2) is 7.56. The van der Waals surface area contributed by atoms with Crippen LogP contribution in [0.15, 0.2) is 0 Å². The number of piperidine rings is 1. The molecule has 0 radical (unpaired) electrons. The number of hydrogen-bond acceptors (Lipinski definition) is 4. The van der Waals surface area contributed by atoms with Crippen LogP contribution in [-0.4, -0.2) is 54.7 Å². The summed E-state index contributed by atoms with van der Waals surface area (Å²) in [7, 11) is -3.26. The first-order valence-electron chi connectivity index (χ1n) is 7.62. The van der Waals surface area contributed by atoms with E-state index in [-0.39, 0.29) is 30.7 Å². The molecular formula is C14H28N2O4S. The lowest BCUT2D eigenvalue weighted by molar-refractivity contribution is -0.128. The Morgan fingerprint density at radius 1 is 1.43 bits per heavy atom. The van der Waals surface area contributed by atoms with Crippen LogP contribution >= 0.6 is 0 Å². The van der Waals surface area contributed by atoms with E-state index < -0.39 is 15.6 Å². The van der Waals surface area contributed by atoms with Crippen LogP contribution < -0.4 is 5.32 Å². The Morgan fingerprint density at radius 3 is 2.67 bits per heavy atom. The fourth-order valence-corrected chi connectivity index (χ4v) is 4.07. The van der Waals surface area contributed by atoms with Crippen molar-refractivity contribution in [1.29, 1.82) is 0 Å². The molecule has 1 fully saturated rings. The zero-order valence-corrected chi connectivity index (χ0v) is 14.1. The van der Waals surface area contributed by atoms with Gasteiger partial charge >= 0.3 is 0 Å². The number of carbonyl (C=O) groups excluding carboxylic acids is 1. The standard InChI is InChI=1S/C14H28N2O4S/c1-4-5-9-21(19,20)16-8-6-7-12(10-16)13(18)15-14(2,3)11-17/h12,17H,4-11H2,1-3H3,(H,15,18)/t12-/m1/s1. The van der Waals surface area contributed by atoms with E-state index in [9.17, 15) is 18.3 Å². The summed E-state index contributed by atoms with van der Waals surface area (Å²) < 4.78 is 25.9. The van der Waals surface area contributed by atoms with Crippen LogP contribution in [0.5, 0.6) is 0 Å². The summed E-state index contributed by atoms with van der Waals surface area (Å²) in [6, 6.07) is 0. The molecule has 7 heteroatoms. The Labute approximate surface area is 128 Å². The quantitative estimate of drug-likeness (QED) is 0.723. The average Bonchev–Trinajstić information content (AvgIpc) is 2.45. The maximum atomic E-state index is 12.2. The smallest absolute Gasteiger partial charge is 0.224 e. The summed E-state index contributed by atoms with van der Waals surface area (Å²) in [6.07, 6.45) is 2.87. The maximum absolute atomic E-state index is 12.2. The van der Waals surface area contributed by atoms with Crippen LogP contribution in [0.2, 0.25) is 0 Å². The van der Waals surface area contributed by atoms with Crippen molar-refractivity contribution in [2.45, 2.75) is 52.0 Å². The van der Waals surface area contributed by atoms with Crippen LogP contribution in [0.1, 0.15) is 46.5 Å². The monoisotopic (exact) mass is 320 g/mol. The van der Waals surface area contributed by atoms with Gasteiger partial charge in [0.2, 0.25) is 15.9 Å². The number of amides is 1. The van der Waals surface area contributed by atoms with Crippen molar-refractivity contribution in [3.8, 4) is 0 Å². The summed E-state index contributed by atoms with van der Waals surface area (Å²) in [6.45, 7) is 6.04. The Balaban J connectivity index is 2.66. The summed E-state index contributed by atoms with van der Waals surface area (Å²) in [4.78, 5) is 12.2. The largest absolute Gasteiger partial charge is 0.394 e. The predicted octanol–water partition coefficient (Wildman–Crippen LogP) is 0.715. The van der Waals surface area contributed by atoms with Gasteiger partial charge in [0, 0.05) is 13.1 Å². The number of hydrogen-bond donors (Lipinski definition) is 2. The van der Waals surface area contributed by atoms with Gasteiger partial charge in [-0.25, -0.2) is 12.7 Å². The van der Waals surface area contributed by atoms with Crippen molar-refractivity contribution in [1.82, 2.24) is 9.62 Å². The molecule has 1 aliphatic rings. The van der Waals surface area contributed by atoms with Crippen LogP contribution in [0, 0.1) is 5.92 Å². The molecule has 6 nitrogen and oxygen atoms in total. The van der Waals surface area contributed by atoms with Gasteiger partial charge < -0.3 is 10.4 Å². The van der Waals surface area contributed by atoms with Gasteiger partial charge in [0.25, 0.3) is 0 Å². The lowest BCUT2D eigenvalue weighted by atomic mass is 9.97. The highest BCUT2D eigenvalue weighted by atomic mass is 32.2. The summed E-state index contributed by atoms with van der Waals surface area (Å²) in [5, 5.41) is 12.0. The number of carbonyl (C=O) groups is 1. The third kappa shape index (κ3) is 5.56. The number of unbranched alkanes of at least 4 members (excludes halogenated alkanes) is 1. The van der Waals surface area contributed by atoms with Crippen molar-refractivity contribution in [3.05, 3.63) is 0 Å². The summed E-state index contributed by atoms with van der Waals surface area (Å²) >= 11 is 0. The zero-order valence-electron chi connectivity index (χ0n) is 13.3. The number of nitrogens with zero attached hydrogens (tertiary/aromatic N) is 1. The molecular weight excluding hydrogens is 292 g/mol. The van der Waals surface area contributed by atoms with Crippen molar-refractivity contribution in [3.63, 3.8) is 0 Å². The molecule has 1 atom stereocenters. The van der Waals surface area contributed by atoms with E-state index in [4.69, 9.17) is 0 Å². The van der Waals surface area contributed by atoms with E-state index in [1.807, 2.05) is 6.92 Å². The van der Waals surface area contributed by atoms with Crippen molar-refractivity contribution in [2.24, 2.45) is 5.92 Å². The molecule has 21 heavy (non-hydrogen) atoms.